The number of anilines is 1. The molecule has 0 amide bonds. The molecule has 1 saturated carbocycles. The molecular weight excluding hydrogens is 417 g/mol. The highest BCUT2D eigenvalue weighted by molar-refractivity contribution is 5.77. The van der Waals surface area contributed by atoms with E-state index in [-0.39, 0.29) is 5.92 Å². The van der Waals surface area contributed by atoms with Crippen LogP contribution in [0, 0.1) is 5.95 Å². The van der Waals surface area contributed by atoms with Gasteiger partial charge in [0, 0.05) is 18.2 Å². The average Bonchev–Trinajstić information content (AvgIpc) is 3.32. The van der Waals surface area contributed by atoms with Gasteiger partial charge in [-0.1, -0.05) is 41.6 Å². The van der Waals surface area contributed by atoms with Crippen molar-refractivity contribution in [2.24, 2.45) is 0 Å². The molecule has 1 atom stereocenters. The Balaban J connectivity index is 1.28. The number of nitrogens with zero attached hydrogens (tertiary/aromatic N) is 4. The number of nitrogens with one attached hydrogen (secondary N) is 2. The van der Waals surface area contributed by atoms with Crippen LogP contribution in [0.15, 0.2) is 54.7 Å². The number of hydrogen-bond donors (Lipinski definition) is 3. The van der Waals surface area contributed by atoms with Crippen molar-refractivity contribution in [1.29, 1.82) is 0 Å². The first kappa shape index (κ1) is 21.5. The number of nitrogen functional groups attached to an aromatic ring is 1. The molecule has 170 valence electrons. The first-order valence-corrected chi connectivity index (χ1v) is 11.5. The van der Waals surface area contributed by atoms with E-state index in [9.17, 15) is 4.39 Å². The Morgan fingerprint density at radius 1 is 1.09 bits per heavy atom. The lowest BCUT2D eigenvalue weighted by molar-refractivity contribution is 0.340. The molecule has 4 aromatic rings. The highest BCUT2D eigenvalue weighted by atomic mass is 19.1. The van der Waals surface area contributed by atoms with Crippen LogP contribution >= 0.6 is 0 Å². The van der Waals surface area contributed by atoms with Crippen molar-refractivity contribution in [2.75, 3.05) is 12.3 Å². The summed E-state index contributed by atoms with van der Waals surface area (Å²) in [6, 6.07) is 16.3. The van der Waals surface area contributed by atoms with Gasteiger partial charge < -0.3 is 11.1 Å². The van der Waals surface area contributed by atoms with Crippen molar-refractivity contribution in [1.82, 2.24) is 30.7 Å². The fourth-order valence-electron chi connectivity index (χ4n) is 5.03. The third kappa shape index (κ3) is 4.85. The van der Waals surface area contributed by atoms with Crippen molar-refractivity contribution < 1.29 is 4.39 Å². The maximum absolute atomic E-state index is 13.5. The van der Waals surface area contributed by atoms with E-state index in [1.165, 1.54) is 24.5 Å². The fourth-order valence-corrected chi connectivity index (χ4v) is 5.03. The highest BCUT2D eigenvalue weighted by Crippen LogP contribution is 2.34. The predicted molar refractivity (Wildman–Crippen MR) is 126 cm³/mol. The van der Waals surface area contributed by atoms with Gasteiger partial charge in [0.1, 0.15) is 11.3 Å². The maximum atomic E-state index is 13.5. The minimum absolute atomic E-state index is 0.0517. The highest BCUT2D eigenvalue weighted by Gasteiger charge is 2.24. The summed E-state index contributed by atoms with van der Waals surface area (Å²) in [6.45, 7) is 0.824. The second-order valence-electron chi connectivity index (χ2n) is 8.81. The number of fused-ring (bicyclic) bond motifs is 1. The van der Waals surface area contributed by atoms with Gasteiger partial charge in [0.2, 0.25) is 5.95 Å². The van der Waals surface area contributed by atoms with Gasteiger partial charge in [-0.3, -0.25) is 0 Å². The number of nitrogens with two attached hydrogens (primary N) is 1. The zero-order chi connectivity index (χ0) is 22.6. The van der Waals surface area contributed by atoms with E-state index in [1.54, 1.807) is 12.3 Å². The molecule has 1 fully saturated rings. The summed E-state index contributed by atoms with van der Waals surface area (Å²) >= 11 is 0. The van der Waals surface area contributed by atoms with E-state index in [2.05, 4.69) is 61.0 Å². The van der Waals surface area contributed by atoms with Crippen LogP contribution in [-0.4, -0.2) is 38.0 Å². The number of benzene rings is 1. The second kappa shape index (κ2) is 9.62. The van der Waals surface area contributed by atoms with Crippen LogP contribution in [0.25, 0.3) is 11.2 Å². The third-order valence-corrected chi connectivity index (χ3v) is 6.74. The van der Waals surface area contributed by atoms with Crippen LogP contribution in [0.3, 0.4) is 0 Å². The monoisotopic (exact) mass is 445 g/mol. The van der Waals surface area contributed by atoms with Gasteiger partial charge >= 0.3 is 0 Å². The first-order valence-electron chi connectivity index (χ1n) is 11.5. The Hall–Kier alpha value is -3.39. The molecule has 0 saturated heterocycles. The lowest BCUT2D eigenvalue weighted by Gasteiger charge is -2.30. The van der Waals surface area contributed by atoms with E-state index in [0.29, 0.717) is 28.9 Å². The molecule has 1 aliphatic rings. The molecule has 3 aromatic heterocycles. The Bertz CT molecular complexity index is 1180. The summed E-state index contributed by atoms with van der Waals surface area (Å²) in [5.74, 6) is 0.508. The number of hydrogen-bond acceptors (Lipinski definition) is 6. The molecule has 4 N–H and O–H groups in total. The molecule has 0 bridgehead atoms. The molecule has 1 aromatic carbocycles. The topological polar surface area (TPSA) is 105 Å². The summed E-state index contributed by atoms with van der Waals surface area (Å²) in [5.41, 5.74) is 10.6. The molecule has 1 aliphatic carbocycles. The third-order valence-electron chi connectivity index (χ3n) is 6.74. The summed E-state index contributed by atoms with van der Waals surface area (Å²) in [7, 11) is 0. The van der Waals surface area contributed by atoms with Gasteiger partial charge in [-0.25, -0.2) is 15.1 Å². The Labute approximate surface area is 192 Å². The van der Waals surface area contributed by atoms with E-state index in [1.807, 2.05) is 6.07 Å². The smallest absolute Gasteiger partial charge is 0.212 e. The summed E-state index contributed by atoms with van der Waals surface area (Å²) < 4.78 is 13.5. The molecule has 5 rings (SSSR count). The number of aromatic amines is 1. The first-order chi connectivity index (χ1) is 16.2. The van der Waals surface area contributed by atoms with E-state index in [4.69, 9.17) is 5.73 Å². The van der Waals surface area contributed by atoms with Gasteiger partial charge in [-0.2, -0.15) is 4.39 Å². The van der Waals surface area contributed by atoms with Crippen molar-refractivity contribution in [3.05, 3.63) is 77.4 Å². The van der Waals surface area contributed by atoms with Crippen molar-refractivity contribution in [2.45, 2.75) is 50.0 Å². The van der Waals surface area contributed by atoms with E-state index < -0.39 is 5.95 Å². The molecule has 1 unspecified atom stereocenters. The van der Waals surface area contributed by atoms with Crippen LogP contribution in [0.2, 0.25) is 0 Å². The fraction of sp³-hybridized carbons (Fsp3) is 0.360. The standard InChI is InChI=1S/C25H28FN7/c26-22-11-8-18(15-29-22)20(21-14-23(27)30-25-24(21)31-33-32-25)12-13-28-19-9-6-17(7-10-19)16-4-2-1-3-5-16/h1-5,8,11,14-15,17,19-20,28H,6-7,9-10,12-13H2,(H3,27,30,31,32,33)/t17-,19-,20?. The summed E-state index contributed by atoms with van der Waals surface area (Å²) in [6.07, 6.45) is 7.13. The average molecular weight is 446 g/mol. The van der Waals surface area contributed by atoms with Crippen LogP contribution in [0.5, 0.6) is 0 Å². The molecular formula is C25H28FN7. The summed E-state index contributed by atoms with van der Waals surface area (Å²) in [4.78, 5) is 8.15. The molecule has 0 radical (unpaired) electrons. The molecule has 7 nitrogen and oxygen atoms in total. The molecule has 3 heterocycles. The van der Waals surface area contributed by atoms with Crippen LogP contribution in [-0.2, 0) is 0 Å². The van der Waals surface area contributed by atoms with Crippen LogP contribution in [0.1, 0.15) is 60.6 Å². The molecule has 0 aliphatic heterocycles. The van der Waals surface area contributed by atoms with Crippen LogP contribution < -0.4 is 11.1 Å². The zero-order valence-corrected chi connectivity index (χ0v) is 18.4. The Kier molecular flexibility index (Phi) is 6.26. The molecule has 8 heteroatoms. The molecule has 0 spiro atoms. The van der Waals surface area contributed by atoms with Gasteiger partial charge in [0.05, 0.1) is 0 Å². The number of pyridine rings is 2. The maximum Gasteiger partial charge on any atom is 0.212 e. The summed E-state index contributed by atoms with van der Waals surface area (Å²) in [5, 5.41) is 14.7. The molecule has 33 heavy (non-hydrogen) atoms. The number of aromatic nitrogens is 5. The second-order valence-corrected chi connectivity index (χ2v) is 8.81. The van der Waals surface area contributed by atoms with Crippen molar-refractivity contribution >= 4 is 17.0 Å². The Morgan fingerprint density at radius 2 is 1.91 bits per heavy atom. The van der Waals surface area contributed by atoms with E-state index >= 15 is 0 Å². The van der Waals surface area contributed by atoms with Gasteiger partial charge in [-0.05, 0) is 73.4 Å². The zero-order valence-electron chi connectivity index (χ0n) is 18.4. The minimum atomic E-state index is -0.494. The minimum Gasteiger partial charge on any atom is -0.384 e. The van der Waals surface area contributed by atoms with Gasteiger partial charge in [0.25, 0.3) is 0 Å². The van der Waals surface area contributed by atoms with Crippen molar-refractivity contribution in [3.8, 4) is 0 Å². The van der Waals surface area contributed by atoms with E-state index in [0.717, 1.165) is 36.9 Å². The number of rotatable bonds is 7. The van der Waals surface area contributed by atoms with Crippen LogP contribution in [0.4, 0.5) is 10.2 Å². The lowest BCUT2D eigenvalue weighted by atomic mass is 9.81. The van der Waals surface area contributed by atoms with Gasteiger partial charge in [0.15, 0.2) is 5.65 Å². The normalized spacial score (nSPS) is 19.5. The number of H-pyrrole nitrogens is 1. The number of halogens is 1. The quantitative estimate of drug-likeness (QED) is 0.366. The van der Waals surface area contributed by atoms with Crippen molar-refractivity contribution in [3.63, 3.8) is 0 Å². The predicted octanol–water partition coefficient (Wildman–Crippen LogP) is 4.31. The lowest BCUT2D eigenvalue weighted by Crippen LogP contribution is -2.34. The SMILES string of the molecule is Nc1cc(C(CCN[C@H]2CC[C@H](c3ccccc3)CC2)c2ccc(F)nc2)c2nn[nH]c2n1. The Morgan fingerprint density at radius 3 is 2.67 bits per heavy atom. The van der Waals surface area contributed by atoms with Gasteiger partial charge in [-0.15, -0.1) is 5.10 Å². The largest absolute Gasteiger partial charge is 0.384 e.